The lowest BCUT2D eigenvalue weighted by molar-refractivity contribution is -0.0737. The van der Waals surface area contributed by atoms with E-state index in [2.05, 4.69) is 5.48 Å². The monoisotopic (exact) mass is 199 g/mol. The summed E-state index contributed by atoms with van der Waals surface area (Å²) in [5.41, 5.74) is 3.06. The van der Waals surface area contributed by atoms with Crippen LogP contribution in [0.25, 0.3) is 0 Å². The highest BCUT2D eigenvalue weighted by molar-refractivity contribution is 4.78. The molecule has 0 spiro atoms. The number of nitrogens with one attached hydrogen (secondary N) is 1. The second kappa shape index (κ2) is 5.10. The predicted molar refractivity (Wildman–Crippen MR) is 54.7 cm³/mol. The molecule has 0 heterocycles. The summed E-state index contributed by atoms with van der Waals surface area (Å²) in [6.45, 7) is 0. The molecule has 0 aromatic carbocycles. The first kappa shape index (κ1) is 10.4. The van der Waals surface area contributed by atoms with E-state index >= 15 is 0 Å². The summed E-state index contributed by atoms with van der Waals surface area (Å²) in [5.74, 6) is 0. The Hall–Kier alpha value is -0.120. The van der Waals surface area contributed by atoms with Crippen molar-refractivity contribution in [1.29, 1.82) is 0 Å². The van der Waals surface area contributed by atoms with Crippen LogP contribution in [0.2, 0.25) is 0 Å². The van der Waals surface area contributed by atoms with Crippen LogP contribution in [0.15, 0.2) is 0 Å². The lowest BCUT2D eigenvalue weighted by Gasteiger charge is -2.29. The van der Waals surface area contributed by atoms with E-state index in [0.29, 0.717) is 6.10 Å². The van der Waals surface area contributed by atoms with E-state index in [-0.39, 0.29) is 12.1 Å². The van der Waals surface area contributed by atoms with Gasteiger partial charge in [-0.15, -0.1) is 0 Å². The van der Waals surface area contributed by atoms with Crippen LogP contribution in [0.5, 0.6) is 0 Å². The van der Waals surface area contributed by atoms with Gasteiger partial charge in [-0.1, -0.05) is 25.7 Å². The van der Waals surface area contributed by atoms with Gasteiger partial charge in [0.1, 0.15) is 0 Å². The molecule has 2 atom stereocenters. The highest BCUT2D eigenvalue weighted by Crippen LogP contribution is 2.22. The van der Waals surface area contributed by atoms with Gasteiger partial charge in [-0.25, -0.2) is 0 Å². The summed E-state index contributed by atoms with van der Waals surface area (Å²) in [5, 5.41) is 9.70. The number of rotatable bonds is 3. The fourth-order valence-electron chi connectivity index (χ4n) is 2.44. The molecule has 0 radical (unpaired) electrons. The van der Waals surface area contributed by atoms with E-state index in [1.807, 2.05) is 0 Å². The quantitative estimate of drug-likeness (QED) is 0.680. The number of aliphatic hydroxyl groups is 1. The van der Waals surface area contributed by atoms with Crippen LogP contribution in [-0.4, -0.2) is 23.4 Å². The number of hydrogen-bond acceptors (Lipinski definition) is 3. The van der Waals surface area contributed by atoms with Crippen molar-refractivity contribution in [1.82, 2.24) is 5.48 Å². The van der Waals surface area contributed by atoms with Crippen molar-refractivity contribution in [3.8, 4) is 0 Å². The van der Waals surface area contributed by atoms with Crippen LogP contribution >= 0.6 is 0 Å². The van der Waals surface area contributed by atoms with Crippen LogP contribution in [0.3, 0.4) is 0 Å². The minimum Gasteiger partial charge on any atom is -0.391 e. The molecule has 0 aromatic rings. The number of hydrogen-bond donors (Lipinski definition) is 2. The molecular formula is C11H21NO2. The third-order valence-electron chi connectivity index (χ3n) is 3.42. The van der Waals surface area contributed by atoms with Crippen molar-refractivity contribution in [3.63, 3.8) is 0 Å². The second-order valence-electron chi connectivity index (χ2n) is 4.60. The van der Waals surface area contributed by atoms with Gasteiger partial charge in [0.25, 0.3) is 0 Å². The Kier molecular flexibility index (Phi) is 3.79. The van der Waals surface area contributed by atoms with Crippen LogP contribution in [0.1, 0.15) is 51.4 Å². The van der Waals surface area contributed by atoms with Crippen molar-refractivity contribution in [3.05, 3.63) is 0 Å². The summed E-state index contributed by atoms with van der Waals surface area (Å²) < 4.78 is 0. The van der Waals surface area contributed by atoms with Crippen molar-refractivity contribution >= 4 is 0 Å². The topological polar surface area (TPSA) is 41.5 Å². The molecule has 0 saturated heterocycles. The minimum atomic E-state index is -0.204. The molecule has 2 fully saturated rings. The maximum Gasteiger partial charge on any atom is 0.0790 e. The molecule has 0 aromatic heterocycles. The lowest BCUT2D eigenvalue weighted by atomic mass is 9.93. The summed E-state index contributed by atoms with van der Waals surface area (Å²) in [6, 6.07) is 0.171. The number of aliphatic hydroxyl groups excluding tert-OH is 1. The Labute approximate surface area is 85.8 Å². The smallest absolute Gasteiger partial charge is 0.0790 e. The van der Waals surface area contributed by atoms with Crippen LogP contribution in [0, 0.1) is 0 Å². The van der Waals surface area contributed by atoms with Crippen LogP contribution in [0.4, 0.5) is 0 Å². The zero-order valence-electron chi connectivity index (χ0n) is 8.74. The second-order valence-corrected chi connectivity index (χ2v) is 4.60. The molecule has 82 valence electrons. The molecule has 0 amide bonds. The molecule has 2 saturated carbocycles. The summed E-state index contributed by atoms with van der Waals surface area (Å²) in [6.07, 6.45) is 9.46. The van der Waals surface area contributed by atoms with Crippen molar-refractivity contribution in [2.45, 2.75) is 69.6 Å². The molecular weight excluding hydrogens is 178 g/mol. The zero-order valence-corrected chi connectivity index (χ0v) is 8.74. The van der Waals surface area contributed by atoms with Gasteiger partial charge >= 0.3 is 0 Å². The summed E-state index contributed by atoms with van der Waals surface area (Å²) in [7, 11) is 0. The van der Waals surface area contributed by atoms with Gasteiger partial charge in [-0.2, -0.15) is 5.48 Å². The first-order chi connectivity index (χ1) is 6.86. The summed E-state index contributed by atoms with van der Waals surface area (Å²) in [4.78, 5) is 5.60. The molecule has 2 N–H and O–H groups in total. The molecule has 2 rings (SSSR count). The van der Waals surface area contributed by atoms with E-state index in [1.54, 1.807) is 0 Å². The standard InChI is InChI=1S/C11H21NO2/c13-11-8-4-3-7-10(11)12-14-9-5-1-2-6-9/h9-13H,1-8H2/t10-,11-/m0/s1. The zero-order chi connectivity index (χ0) is 9.80. The van der Waals surface area contributed by atoms with Gasteiger partial charge in [0.15, 0.2) is 0 Å². The van der Waals surface area contributed by atoms with Gasteiger partial charge in [-0.3, -0.25) is 4.84 Å². The van der Waals surface area contributed by atoms with Gasteiger partial charge in [0, 0.05) is 0 Å². The molecule has 3 heteroatoms. The molecule has 0 bridgehead atoms. The molecule has 0 aliphatic heterocycles. The van der Waals surface area contributed by atoms with Gasteiger partial charge in [-0.05, 0) is 25.7 Å². The Balaban J connectivity index is 1.67. The molecule has 0 unspecified atom stereocenters. The lowest BCUT2D eigenvalue weighted by Crippen LogP contribution is -2.43. The maximum atomic E-state index is 9.70. The Morgan fingerprint density at radius 3 is 2.29 bits per heavy atom. The highest BCUT2D eigenvalue weighted by atomic mass is 16.7. The van der Waals surface area contributed by atoms with E-state index in [9.17, 15) is 5.11 Å². The minimum absolute atomic E-state index is 0.171. The Morgan fingerprint density at radius 2 is 1.57 bits per heavy atom. The van der Waals surface area contributed by atoms with Crippen molar-refractivity contribution in [2.24, 2.45) is 0 Å². The van der Waals surface area contributed by atoms with E-state index < -0.39 is 0 Å². The maximum absolute atomic E-state index is 9.70. The van der Waals surface area contributed by atoms with E-state index in [4.69, 9.17) is 4.84 Å². The van der Waals surface area contributed by atoms with Gasteiger partial charge in [0.05, 0.1) is 18.2 Å². The van der Waals surface area contributed by atoms with Gasteiger partial charge < -0.3 is 5.11 Å². The summed E-state index contributed by atoms with van der Waals surface area (Å²) >= 11 is 0. The van der Waals surface area contributed by atoms with Crippen LogP contribution < -0.4 is 5.48 Å². The van der Waals surface area contributed by atoms with E-state index in [0.717, 1.165) is 19.3 Å². The Bertz CT molecular complexity index is 169. The first-order valence-corrected chi connectivity index (χ1v) is 5.95. The predicted octanol–water partition coefficient (Wildman–Crippen LogP) is 1.75. The highest BCUT2D eigenvalue weighted by Gasteiger charge is 2.24. The van der Waals surface area contributed by atoms with E-state index in [1.165, 1.54) is 32.1 Å². The Morgan fingerprint density at radius 1 is 0.929 bits per heavy atom. The van der Waals surface area contributed by atoms with Crippen molar-refractivity contribution in [2.75, 3.05) is 0 Å². The van der Waals surface area contributed by atoms with Gasteiger partial charge in [0.2, 0.25) is 0 Å². The third kappa shape index (κ3) is 2.69. The third-order valence-corrected chi connectivity index (χ3v) is 3.42. The average Bonchev–Trinajstić information content (AvgIpc) is 2.69. The fraction of sp³-hybridized carbons (Fsp3) is 1.00. The molecule has 14 heavy (non-hydrogen) atoms. The first-order valence-electron chi connectivity index (χ1n) is 5.95. The normalized spacial score (nSPS) is 34.9. The fourth-order valence-corrected chi connectivity index (χ4v) is 2.44. The average molecular weight is 199 g/mol. The molecule has 3 nitrogen and oxygen atoms in total. The number of hydroxylamine groups is 1. The SMILES string of the molecule is O[C@H]1CCCC[C@@H]1NOC1CCCC1. The molecule has 2 aliphatic rings. The van der Waals surface area contributed by atoms with Crippen molar-refractivity contribution < 1.29 is 9.94 Å². The largest absolute Gasteiger partial charge is 0.391 e. The molecule has 2 aliphatic carbocycles. The van der Waals surface area contributed by atoms with Crippen LogP contribution in [-0.2, 0) is 4.84 Å².